The molecule has 2 aromatic rings. The van der Waals surface area contributed by atoms with Crippen molar-refractivity contribution in [2.75, 3.05) is 6.54 Å². The van der Waals surface area contributed by atoms with Crippen LogP contribution in [0.5, 0.6) is 0 Å². The largest absolute Gasteiger partial charge is 0.464 e. The molecule has 0 aliphatic carbocycles. The normalized spacial score (nSPS) is 10.8. The zero-order chi connectivity index (χ0) is 8.39. The van der Waals surface area contributed by atoms with Crippen molar-refractivity contribution < 1.29 is 4.42 Å². The summed E-state index contributed by atoms with van der Waals surface area (Å²) in [7, 11) is 0. The molecule has 0 radical (unpaired) electrons. The quantitative estimate of drug-likeness (QED) is 0.731. The smallest absolute Gasteiger partial charge is 0.137 e. The minimum atomic E-state index is 0.666. The van der Waals surface area contributed by atoms with Gasteiger partial charge in [0.15, 0.2) is 0 Å². The summed E-state index contributed by atoms with van der Waals surface area (Å²) < 4.78 is 5.35. The molecule has 0 fully saturated rings. The third-order valence-electron chi connectivity index (χ3n) is 1.97. The summed E-state index contributed by atoms with van der Waals surface area (Å²) in [5.74, 6) is 0. The molecule has 0 saturated heterocycles. The van der Waals surface area contributed by atoms with Gasteiger partial charge in [0.05, 0.1) is 6.26 Å². The number of nitrogens with two attached hydrogens (primary N) is 1. The Morgan fingerprint density at radius 2 is 2.17 bits per heavy atom. The number of benzene rings is 1. The lowest BCUT2D eigenvalue weighted by atomic mass is 10.1. The summed E-state index contributed by atoms with van der Waals surface area (Å²) in [5, 5.41) is 1.15. The molecule has 0 amide bonds. The first-order valence-electron chi connectivity index (χ1n) is 4.07. The molecule has 0 saturated carbocycles. The van der Waals surface area contributed by atoms with E-state index in [0.29, 0.717) is 6.54 Å². The van der Waals surface area contributed by atoms with E-state index >= 15 is 0 Å². The van der Waals surface area contributed by atoms with E-state index in [0.717, 1.165) is 17.4 Å². The van der Waals surface area contributed by atoms with Crippen molar-refractivity contribution in [3.63, 3.8) is 0 Å². The molecule has 62 valence electrons. The molecule has 1 heterocycles. The van der Waals surface area contributed by atoms with Gasteiger partial charge in [-0.2, -0.15) is 0 Å². The first-order valence-corrected chi connectivity index (χ1v) is 4.07. The zero-order valence-corrected chi connectivity index (χ0v) is 6.79. The highest BCUT2D eigenvalue weighted by atomic mass is 16.3. The van der Waals surface area contributed by atoms with Gasteiger partial charge in [-0.1, -0.05) is 18.2 Å². The van der Waals surface area contributed by atoms with Gasteiger partial charge in [0.1, 0.15) is 5.58 Å². The fourth-order valence-corrected chi connectivity index (χ4v) is 1.41. The van der Waals surface area contributed by atoms with Crippen LogP contribution in [0.3, 0.4) is 0 Å². The van der Waals surface area contributed by atoms with Gasteiger partial charge in [-0.25, -0.2) is 0 Å². The van der Waals surface area contributed by atoms with E-state index in [2.05, 4.69) is 6.07 Å². The monoisotopic (exact) mass is 161 g/mol. The van der Waals surface area contributed by atoms with Crippen LogP contribution in [0.2, 0.25) is 0 Å². The summed E-state index contributed by atoms with van der Waals surface area (Å²) >= 11 is 0. The van der Waals surface area contributed by atoms with E-state index in [4.69, 9.17) is 10.2 Å². The molecule has 0 aliphatic heterocycles. The second kappa shape index (κ2) is 2.99. The Kier molecular flexibility index (Phi) is 1.84. The highest BCUT2D eigenvalue weighted by molar-refractivity contribution is 5.80. The fraction of sp³-hybridized carbons (Fsp3) is 0.200. The van der Waals surface area contributed by atoms with E-state index in [1.807, 2.05) is 18.2 Å². The van der Waals surface area contributed by atoms with E-state index in [9.17, 15) is 0 Å². The second-order valence-electron chi connectivity index (χ2n) is 2.79. The first kappa shape index (κ1) is 7.37. The molecule has 2 nitrogen and oxygen atoms in total. The Morgan fingerprint density at radius 3 is 3.00 bits per heavy atom. The van der Waals surface area contributed by atoms with E-state index in [1.165, 1.54) is 5.56 Å². The van der Waals surface area contributed by atoms with Crippen LogP contribution in [0, 0.1) is 0 Å². The van der Waals surface area contributed by atoms with Gasteiger partial charge in [-0.3, -0.25) is 0 Å². The van der Waals surface area contributed by atoms with Crippen LogP contribution in [0.25, 0.3) is 11.0 Å². The fourth-order valence-electron chi connectivity index (χ4n) is 1.41. The van der Waals surface area contributed by atoms with Gasteiger partial charge in [-0.15, -0.1) is 0 Å². The van der Waals surface area contributed by atoms with Crippen LogP contribution in [0.15, 0.2) is 34.9 Å². The Balaban J connectivity index is 2.57. The lowest BCUT2D eigenvalue weighted by Crippen LogP contribution is -2.02. The lowest BCUT2D eigenvalue weighted by Gasteiger charge is -1.98. The molecule has 0 unspecified atom stereocenters. The van der Waals surface area contributed by atoms with Crippen molar-refractivity contribution >= 4 is 11.0 Å². The van der Waals surface area contributed by atoms with Crippen molar-refractivity contribution in [3.05, 3.63) is 36.1 Å². The number of rotatable bonds is 2. The Labute approximate surface area is 71.0 Å². The molecule has 0 aliphatic rings. The van der Waals surface area contributed by atoms with Crippen LogP contribution in [-0.2, 0) is 6.42 Å². The van der Waals surface area contributed by atoms with E-state index in [-0.39, 0.29) is 0 Å². The van der Waals surface area contributed by atoms with Crippen molar-refractivity contribution in [1.29, 1.82) is 0 Å². The predicted molar refractivity (Wildman–Crippen MR) is 49.0 cm³/mol. The standard InChI is InChI=1S/C10H11NO/c11-6-4-8-2-1-3-9-5-7-12-10(8)9/h1-3,5,7H,4,6,11H2. The Morgan fingerprint density at radius 1 is 1.25 bits per heavy atom. The van der Waals surface area contributed by atoms with Crippen LogP contribution in [-0.4, -0.2) is 6.54 Å². The molecule has 0 atom stereocenters. The summed E-state index contributed by atoms with van der Waals surface area (Å²) in [4.78, 5) is 0. The minimum absolute atomic E-state index is 0.666. The summed E-state index contributed by atoms with van der Waals surface area (Å²) in [6.07, 6.45) is 2.59. The van der Waals surface area contributed by atoms with Gasteiger partial charge in [0.25, 0.3) is 0 Å². The minimum Gasteiger partial charge on any atom is -0.464 e. The number of hydrogen-bond acceptors (Lipinski definition) is 2. The van der Waals surface area contributed by atoms with Gasteiger partial charge < -0.3 is 10.2 Å². The summed E-state index contributed by atoms with van der Waals surface area (Å²) in [6, 6.07) is 8.09. The number of furan rings is 1. The van der Waals surface area contributed by atoms with Gasteiger partial charge in [0, 0.05) is 5.39 Å². The molecule has 1 aromatic carbocycles. The van der Waals surface area contributed by atoms with Crippen molar-refractivity contribution in [1.82, 2.24) is 0 Å². The molecule has 2 rings (SSSR count). The van der Waals surface area contributed by atoms with E-state index in [1.54, 1.807) is 6.26 Å². The van der Waals surface area contributed by atoms with Crippen molar-refractivity contribution in [2.45, 2.75) is 6.42 Å². The van der Waals surface area contributed by atoms with Gasteiger partial charge in [-0.05, 0) is 24.6 Å². The first-order chi connectivity index (χ1) is 5.92. The molecule has 0 bridgehead atoms. The molecule has 12 heavy (non-hydrogen) atoms. The molecular formula is C10H11NO. The SMILES string of the molecule is NCCc1cccc2ccoc12. The molecule has 0 spiro atoms. The van der Waals surface area contributed by atoms with Crippen LogP contribution >= 0.6 is 0 Å². The third kappa shape index (κ3) is 1.10. The lowest BCUT2D eigenvalue weighted by molar-refractivity contribution is 0.610. The van der Waals surface area contributed by atoms with Gasteiger partial charge >= 0.3 is 0 Å². The zero-order valence-electron chi connectivity index (χ0n) is 6.79. The summed E-state index contributed by atoms with van der Waals surface area (Å²) in [5.41, 5.74) is 7.65. The van der Waals surface area contributed by atoms with E-state index < -0.39 is 0 Å². The molecular weight excluding hydrogens is 150 g/mol. The van der Waals surface area contributed by atoms with Crippen LogP contribution in [0.1, 0.15) is 5.56 Å². The number of para-hydroxylation sites is 1. The number of fused-ring (bicyclic) bond motifs is 1. The molecule has 2 N–H and O–H groups in total. The highest BCUT2D eigenvalue weighted by Crippen LogP contribution is 2.19. The Bertz CT molecular complexity index is 378. The molecule has 1 aromatic heterocycles. The van der Waals surface area contributed by atoms with Crippen molar-refractivity contribution in [2.24, 2.45) is 5.73 Å². The van der Waals surface area contributed by atoms with Gasteiger partial charge in [0.2, 0.25) is 0 Å². The van der Waals surface area contributed by atoms with Crippen LogP contribution in [0.4, 0.5) is 0 Å². The highest BCUT2D eigenvalue weighted by Gasteiger charge is 2.01. The average molecular weight is 161 g/mol. The maximum atomic E-state index is 5.48. The maximum absolute atomic E-state index is 5.48. The predicted octanol–water partition coefficient (Wildman–Crippen LogP) is 1.93. The number of hydrogen-bond donors (Lipinski definition) is 1. The van der Waals surface area contributed by atoms with Crippen LogP contribution < -0.4 is 5.73 Å². The maximum Gasteiger partial charge on any atom is 0.137 e. The van der Waals surface area contributed by atoms with Crippen molar-refractivity contribution in [3.8, 4) is 0 Å². The molecule has 2 heteroatoms. The second-order valence-corrected chi connectivity index (χ2v) is 2.79. The average Bonchev–Trinajstić information content (AvgIpc) is 2.53. The topological polar surface area (TPSA) is 39.2 Å². The Hall–Kier alpha value is -1.28. The third-order valence-corrected chi connectivity index (χ3v) is 1.97. The summed E-state index contributed by atoms with van der Waals surface area (Å²) in [6.45, 7) is 0.666.